The van der Waals surface area contributed by atoms with Crippen molar-refractivity contribution in [3.63, 3.8) is 0 Å². The van der Waals surface area contributed by atoms with E-state index in [4.69, 9.17) is 9.15 Å². The molecule has 0 aliphatic heterocycles. The lowest BCUT2D eigenvalue weighted by Gasteiger charge is -2.16. The molecule has 0 amide bonds. The molecule has 25 heavy (non-hydrogen) atoms. The lowest BCUT2D eigenvalue weighted by atomic mass is 10.1. The number of furan rings is 1. The summed E-state index contributed by atoms with van der Waals surface area (Å²) in [5, 5.41) is 0.970. The summed E-state index contributed by atoms with van der Waals surface area (Å²) in [6.07, 6.45) is 0.960. The maximum atomic E-state index is 12.3. The van der Waals surface area contributed by atoms with Gasteiger partial charge in [0.1, 0.15) is 5.58 Å². The van der Waals surface area contributed by atoms with Crippen molar-refractivity contribution in [2.75, 3.05) is 20.2 Å². The summed E-state index contributed by atoms with van der Waals surface area (Å²) in [4.78, 5) is 14.5. The van der Waals surface area contributed by atoms with Crippen molar-refractivity contribution in [2.45, 2.75) is 19.9 Å². The number of ether oxygens (including phenoxy) is 1. The van der Waals surface area contributed by atoms with E-state index in [2.05, 4.69) is 36.2 Å². The maximum absolute atomic E-state index is 12.3. The number of rotatable bonds is 7. The van der Waals surface area contributed by atoms with E-state index < -0.39 is 5.97 Å². The average molecular weight is 337 g/mol. The molecule has 4 nitrogen and oxygen atoms in total. The van der Waals surface area contributed by atoms with Crippen molar-refractivity contribution < 1.29 is 13.9 Å². The molecule has 0 saturated carbocycles. The highest BCUT2D eigenvalue weighted by atomic mass is 16.5. The molecule has 0 aliphatic rings. The summed E-state index contributed by atoms with van der Waals surface area (Å²) >= 11 is 0. The van der Waals surface area contributed by atoms with Gasteiger partial charge >= 0.3 is 5.97 Å². The van der Waals surface area contributed by atoms with Gasteiger partial charge in [-0.05, 0) is 32.0 Å². The van der Waals surface area contributed by atoms with Crippen LogP contribution in [0.25, 0.3) is 11.0 Å². The van der Waals surface area contributed by atoms with Crippen LogP contribution >= 0.6 is 0 Å². The minimum absolute atomic E-state index is 0.314. The Hall–Kier alpha value is -2.59. The van der Waals surface area contributed by atoms with Gasteiger partial charge in [0.05, 0.1) is 6.61 Å². The van der Waals surface area contributed by atoms with Gasteiger partial charge < -0.3 is 14.1 Å². The summed E-state index contributed by atoms with van der Waals surface area (Å²) in [6.45, 7) is 3.66. The molecule has 0 unspecified atom stereocenters. The van der Waals surface area contributed by atoms with E-state index in [9.17, 15) is 4.79 Å². The van der Waals surface area contributed by atoms with Crippen molar-refractivity contribution in [1.29, 1.82) is 0 Å². The number of benzene rings is 2. The molecule has 0 bridgehead atoms. The zero-order chi connectivity index (χ0) is 17.6. The Morgan fingerprint density at radius 1 is 1.08 bits per heavy atom. The van der Waals surface area contributed by atoms with E-state index in [0.29, 0.717) is 18.9 Å². The number of esters is 1. The third-order valence-corrected chi connectivity index (χ3v) is 4.21. The summed E-state index contributed by atoms with van der Waals surface area (Å²) in [5.74, 6) is -0.0835. The summed E-state index contributed by atoms with van der Waals surface area (Å²) in [7, 11) is 2.06. The van der Waals surface area contributed by atoms with Gasteiger partial charge in [-0.1, -0.05) is 48.5 Å². The molecular formula is C21H23NO3. The summed E-state index contributed by atoms with van der Waals surface area (Å²) in [5.41, 5.74) is 2.92. The number of para-hydroxylation sites is 1. The predicted octanol–water partition coefficient (Wildman–Crippen LogP) is 4.28. The third kappa shape index (κ3) is 4.09. The highest BCUT2D eigenvalue weighted by molar-refractivity contribution is 5.96. The van der Waals surface area contributed by atoms with Crippen molar-refractivity contribution in [3.8, 4) is 0 Å². The number of carbonyl (C=O) groups is 1. The van der Waals surface area contributed by atoms with Crippen LogP contribution in [0.2, 0.25) is 0 Å². The monoisotopic (exact) mass is 337 g/mol. The number of carbonyl (C=O) groups excluding carboxylic acids is 1. The van der Waals surface area contributed by atoms with Gasteiger partial charge in [-0.25, -0.2) is 4.79 Å². The molecule has 1 aromatic heterocycles. The molecule has 3 aromatic rings. The summed E-state index contributed by atoms with van der Waals surface area (Å²) < 4.78 is 10.9. The lowest BCUT2D eigenvalue weighted by Crippen LogP contribution is -2.22. The van der Waals surface area contributed by atoms with Gasteiger partial charge in [0.2, 0.25) is 5.76 Å². The van der Waals surface area contributed by atoms with E-state index in [0.717, 1.165) is 29.5 Å². The van der Waals surface area contributed by atoms with Crippen LogP contribution in [0.5, 0.6) is 0 Å². The predicted molar refractivity (Wildman–Crippen MR) is 98.7 cm³/mol. The van der Waals surface area contributed by atoms with Crippen LogP contribution in [0.3, 0.4) is 0 Å². The van der Waals surface area contributed by atoms with Gasteiger partial charge in [0, 0.05) is 24.0 Å². The topological polar surface area (TPSA) is 42.7 Å². The Kier molecular flexibility index (Phi) is 5.51. The number of hydrogen-bond donors (Lipinski definition) is 0. The normalized spacial score (nSPS) is 11.2. The molecule has 0 N–H and O–H groups in total. The first-order valence-electron chi connectivity index (χ1n) is 8.59. The van der Waals surface area contributed by atoms with Gasteiger partial charge in [-0.15, -0.1) is 0 Å². The fraction of sp³-hybridized carbons (Fsp3) is 0.286. The second-order valence-electron chi connectivity index (χ2n) is 6.10. The van der Waals surface area contributed by atoms with Gasteiger partial charge in [0.25, 0.3) is 0 Å². The van der Waals surface area contributed by atoms with E-state index >= 15 is 0 Å². The van der Waals surface area contributed by atoms with Crippen LogP contribution < -0.4 is 0 Å². The fourth-order valence-corrected chi connectivity index (χ4v) is 2.93. The van der Waals surface area contributed by atoms with Gasteiger partial charge in [-0.3, -0.25) is 0 Å². The highest BCUT2D eigenvalue weighted by Gasteiger charge is 2.22. The quantitative estimate of drug-likeness (QED) is 0.603. The van der Waals surface area contributed by atoms with Crippen LogP contribution in [0, 0.1) is 0 Å². The molecule has 4 heteroatoms. The van der Waals surface area contributed by atoms with Crippen molar-refractivity contribution >= 4 is 16.9 Å². The standard InChI is InChI=1S/C21H23NO3/c1-3-24-21(23)20-18(17-11-7-8-12-19(17)25-20)15-22(2)14-13-16-9-5-4-6-10-16/h4-12H,3,13-15H2,1-2H3. The molecule has 0 fully saturated rings. The second-order valence-corrected chi connectivity index (χ2v) is 6.10. The maximum Gasteiger partial charge on any atom is 0.374 e. The van der Waals surface area contributed by atoms with Crippen molar-refractivity contribution in [1.82, 2.24) is 4.90 Å². The minimum Gasteiger partial charge on any atom is -0.460 e. The van der Waals surface area contributed by atoms with Crippen LogP contribution in [0.15, 0.2) is 59.0 Å². The molecule has 1 heterocycles. The van der Waals surface area contributed by atoms with E-state index in [1.54, 1.807) is 6.92 Å². The SMILES string of the molecule is CCOC(=O)c1oc2ccccc2c1CN(C)CCc1ccccc1. The largest absolute Gasteiger partial charge is 0.460 e. The van der Waals surface area contributed by atoms with Crippen molar-refractivity contribution in [3.05, 3.63) is 71.5 Å². The molecule has 130 valence electrons. The minimum atomic E-state index is -0.398. The highest BCUT2D eigenvalue weighted by Crippen LogP contribution is 2.27. The van der Waals surface area contributed by atoms with Crippen LogP contribution in [0.1, 0.15) is 28.6 Å². The zero-order valence-corrected chi connectivity index (χ0v) is 14.7. The van der Waals surface area contributed by atoms with Crippen LogP contribution in [-0.2, 0) is 17.7 Å². The van der Waals surface area contributed by atoms with Gasteiger partial charge in [0.15, 0.2) is 0 Å². The molecule has 0 saturated heterocycles. The number of hydrogen-bond acceptors (Lipinski definition) is 4. The van der Waals surface area contributed by atoms with E-state index in [-0.39, 0.29) is 0 Å². The van der Waals surface area contributed by atoms with Crippen LogP contribution in [-0.4, -0.2) is 31.1 Å². The Morgan fingerprint density at radius 3 is 2.56 bits per heavy atom. The number of nitrogens with zero attached hydrogens (tertiary/aromatic N) is 1. The zero-order valence-electron chi connectivity index (χ0n) is 14.7. The molecule has 0 radical (unpaired) electrons. The summed E-state index contributed by atoms with van der Waals surface area (Å²) in [6, 6.07) is 18.1. The first-order chi connectivity index (χ1) is 12.2. The molecule has 2 aromatic carbocycles. The number of likely N-dealkylation sites (N-methyl/N-ethyl adjacent to an activating group) is 1. The second kappa shape index (κ2) is 7.99. The Morgan fingerprint density at radius 2 is 1.80 bits per heavy atom. The molecular weight excluding hydrogens is 314 g/mol. The van der Waals surface area contributed by atoms with E-state index in [1.165, 1.54) is 5.56 Å². The molecule has 0 aliphatic carbocycles. The Labute approximate surface area is 148 Å². The fourth-order valence-electron chi connectivity index (χ4n) is 2.93. The molecule has 3 rings (SSSR count). The number of fused-ring (bicyclic) bond motifs is 1. The average Bonchev–Trinajstić information content (AvgIpc) is 3.00. The Bertz CT molecular complexity index is 839. The smallest absolute Gasteiger partial charge is 0.374 e. The van der Waals surface area contributed by atoms with Crippen LogP contribution in [0.4, 0.5) is 0 Å². The van der Waals surface area contributed by atoms with Gasteiger partial charge in [-0.2, -0.15) is 0 Å². The third-order valence-electron chi connectivity index (χ3n) is 4.21. The Balaban J connectivity index is 1.79. The first kappa shape index (κ1) is 17.2. The first-order valence-corrected chi connectivity index (χ1v) is 8.59. The van der Waals surface area contributed by atoms with Crippen molar-refractivity contribution in [2.24, 2.45) is 0 Å². The molecule has 0 atom stereocenters. The molecule has 0 spiro atoms. The van der Waals surface area contributed by atoms with E-state index in [1.807, 2.05) is 30.3 Å². The lowest BCUT2D eigenvalue weighted by molar-refractivity contribution is 0.0489.